The van der Waals surface area contributed by atoms with Crippen molar-refractivity contribution in [2.75, 3.05) is 13.7 Å². The van der Waals surface area contributed by atoms with Crippen LogP contribution in [-0.4, -0.2) is 34.8 Å². The first-order chi connectivity index (χ1) is 12.2. The minimum absolute atomic E-state index is 0.258. The van der Waals surface area contributed by atoms with Crippen molar-refractivity contribution in [3.63, 3.8) is 0 Å². The van der Waals surface area contributed by atoms with Crippen LogP contribution in [0.3, 0.4) is 0 Å². The summed E-state index contributed by atoms with van der Waals surface area (Å²) >= 11 is 0. The number of phenols is 1. The van der Waals surface area contributed by atoms with E-state index in [1.807, 2.05) is 18.2 Å². The van der Waals surface area contributed by atoms with E-state index >= 15 is 0 Å². The van der Waals surface area contributed by atoms with E-state index in [2.05, 4.69) is 4.90 Å². The van der Waals surface area contributed by atoms with Crippen LogP contribution >= 0.6 is 0 Å². The van der Waals surface area contributed by atoms with Crippen molar-refractivity contribution in [2.24, 2.45) is 0 Å². The Morgan fingerprint density at radius 2 is 2.16 bits per heavy atom. The van der Waals surface area contributed by atoms with Gasteiger partial charge in [0.2, 0.25) is 0 Å². The fraction of sp³-hybridized carbons (Fsp3) is 0.500. The standard InChI is InChI=1S/C20H27NO4/c1-24-17-9-8-15(18(22)13-17)14-21-10-4-2-3-6-16(21)12-19(23)20-7-5-11-25-20/h5,7-9,11,13,16,19,22-23H,2-4,6,10,12,14H2,1H3. The molecule has 0 spiro atoms. The number of likely N-dealkylation sites (tertiary alicyclic amines) is 1. The Morgan fingerprint density at radius 3 is 2.88 bits per heavy atom. The average molecular weight is 345 g/mol. The molecule has 2 unspecified atom stereocenters. The van der Waals surface area contributed by atoms with Gasteiger partial charge in [0.15, 0.2) is 0 Å². The van der Waals surface area contributed by atoms with Crippen LogP contribution in [0, 0.1) is 0 Å². The molecule has 0 radical (unpaired) electrons. The Morgan fingerprint density at radius 1 is 1.28 bits per heavy atom. The van der Waals surface area contributed by atoms with Crippen LogP contribution in [0.15, 0.2) is 41.0 Å². The van der Waals surface area contributed by atoms with Gasteiger partial charge >= 0.3 is 0 Å². The van der Waals surface area contributed by atoms with Gasteiger partial charge in [0.1, 0.15) is 23.4 Å². The summed E-state index contributed by atoms with van der Waals surface area (Å²) in [5.41, 5.74) is 0.889. The maximum Gasteiger partial charge on any atom is 0.132 e. The molecule has 1 fully saturated rings. The van der Waals surface area contributed by atoms with Crippen molar-refractivity contribution >= 4 is 0 Å². The summed E-state index contributed by atoms with van der Waals surface area (Å²) in [5.74, 6) is 1.53. The van der Waals surface area contributed by atoms with Crippen LogP contribution < -0.4 is 4.74 Å². The molecule has 1 aliphatic heterocycles. The van der Waals surface area contributed by atoms with E-state index in [1.165, 1.54) is 12.8 Å². The molecule has 3 rings (SSSR count). The van der Waals surface area contributed by atoms with Gasteiger partial charge in [0.05, 0.1) is 13.4 Å². The Hall–Kier alpha value is -1.98. The van der Waals surface area contributed by atoms with Gasteiger partial charge in [-0.25, -0.2) is 0 Å². The number of aromatic hydroxyl groups is 1. The van der Waals surface area contributed by atoms with Crippen LogP contribution in [-0.2, 0) is 6.54 Å². The topological polar surface area (TPSA) is 66.1 Å². The number of methoxy groups -OCH3 is 1. The number of benzene rings is 1. The molecule has 25 heavy (non-hydrogen) atoms. The van der Waals surface area contributed by atoms with Crippen molar-refractivity contribution in [3.05, 3.63) is 47.9 Å². The van der Waals surface area contributed by atoms with E-state index in [9.17, 15) is 10.2 Å². The molecular formula is C20H27NO4. The highest BCUT2D eigenvalue weighted by Gasteiger charge is 2.26. The lowest BCUT2D eigenvalue weighted by atomic mass is 10.0. The first kappa shape index (κ1) is 17.8. The second kappa shape index (κ2) is 8.41. The molecule has 2 N–H and O–H groups in total. The summed E-state index contributed by atoms with van der Waals surface area (Å²) in [6, 6.07) is 9.34. The summed E-state index contributed by atoms with van der Waals surface area (Å²) in [5, 5.41) is 20.7. The number of aliphatic hydroxyl groups is 1. The average Bonchev–Trinajstić information content (AvgIpc) is 3.07. The van der Waals surface area contributed by atoms with Crippen LogP contribution in [0.2, 0.25) is 0 Å². The third kappa shape index (κ3) is 4.55. The Kier molecular flexibility index (Phi) is 6.00. The maximum absolute atomic E-state index is 10.5. The molecule has 1 aliphatic rings. The fourth-order valence-electron chi connectivity index (χ4n) is 3.59. The number of phenolic OH excluding ortho intramolecular Hbond substituents is 1. The molecule has 0 bridgehead atoms. The quantitative estimate of drug-likeness (QED) is 0.832. The van der Waals surface area contributed by atoms with Gasteiger partial charge in [-0.15, -0.1) is 0 Å². The minimum Gasteiger partial charge on any atom is -0.507 e. The molecule has 2 heterocycles. The second-order valence-electron chi connectivity index (χ2n) is 6.74. The van der Waals surface area contributed by atoms with Crippen LogP contribution in [0.25, 0.3) is 0 Å². The molecule has 2 atom stereocenters. The zero-order valence-electron chi connectivity index (χ0n) is 14.7. The van der Waals surface area contributed by atoms with E-state index in [0.29, 0.717) is 24.5 Å². The highest BCUT2D eigenvalue weighted by molar-refractivity contribution is 5.39. The van der Waals surface area contributed by atoms with E-state index < -0.39 is 6.10 Å². The third-order valence-corrected chi connectivity index (χ3v) is 5.03. The zero-order valence-corrected chi connectivity index (χ0v) is 14.7. The molecular weight excluding hydrogens is 318 g/mol. The van der Waals surface area contributed by atoms with Crippen molar-refractivity contribution in [2.45, 2.75) is 50.8 Å². The predicted molar refractivity (Wildman–Crippen MR) is 95.6 cm³/mol. The smallest absolute Gasteiger partial charge is 0.132 e. The van der Waals surface area contributed by atoms with Crippen molar-refractivity contribution in [3.8, 4) is 11.5 Å². The Bertz CT molecular complexity index is 656. The molecule has 2 aromatic rings. The SMILES string of the molecule is COc1ccc(CN2CCCCCC2CC(O)c2ccco2)c(O)c1. The van der Waals surface area contributed by atoms with Crippen molar-refractivity contribution in [1.82, 2.24) is 4.90 Å². The maximum atomic E-state index is 10.5. The predicted octanol–water partition coefficient (Wildman–Crippen LogP) is 3.86. The van der Waals surface area contributed by atoms with Gasteiger partial charge in [-0.05, 0) is 44.0 Å². The van der Waals surface area contributed by atoms with Gasteiger partial charge in [-0.2, -0.15) is 0 Å². The van der Waals surface area contributed by atoms with Gasteiger partial charge < -0.3 is 19.4 Å². The summed E-state index contributed by atoms with van der Waals surface area (Å²) in [4.78, 5) is 2.38. The van der Waals surface area contributed by atoms with Gasteiger partial charge in [-0.3, -0.25) is 4.90 Å². The summed E-state index contributed by atoms with van der Waals surface area (Å²) in [6.07, 6.45) is 6.21. The Labute approximate surface area is 148 Å². The number of aliphatic hydroxyl groups excluding tert-OH is 1. The molecule has 0 saturated carbocycles. The highest BCUT2D eigenvalue weighted by atomic mass is 16.5. The fourth-order valence-corrected chi connectivity index (χ4v) is 3.59. The van der Waals surface area contributed by atoms with Crippen LogP contribution in [0.5, 0.6) is 11.5 Å². The largest absolute Gasteiger partial charge is 0.507 e. The molecule has 5 nitrogen and oxygen atoms in total. The van der Waals surface area contributed by atoms with Gasteiger partial charge in [-0.1, -0.05) is 18.9 Å². The van der Waals surface area contributed by atoms with E-state index in [4.69, 9.17) is 9.15 Å². The van der Waals surface area contributed by atoms with Gasteiger partial charge in [0.25, 0.3) is 0 Å². The summed E-state index contributed by atoms with van der Waals surface area (Å²) in [7, 11) is 1.59. The number of hydrogen-bond acceptors (Lipinski definition) is 5. The highest BCUT2D eigenvalue weighted by Crippen LogP contribution is 2.30. The molecule has 1 aromatic heterocycles. The molecule has 0 aliphatic carbocycles. The van der Waals surface area contributed by atoms with Crippen LogP contribution in [0.4, 0.5) is 0 Å². The van der Waals surface area contributed by atoms with Crippen LogP contribution in [0.1, 0.15) is 49.5 Å². The third-order valence-electron chi connectivity index (χ3n) is 5.03. The second-order valence-corrected chi connectivity index (χ2v) is 6.74. The van der Waals surface area contributed by atoms with E-state index in [-0.39, 0.29) is 11.8 Å². The first-order valence-electron chi connectivity index (χ1n) is 8.99. The Balaban J connectivity index is 1.72. The lowest BCUT2D eigenvalue weighted by Crippen LogP contribution is -2.35. The lowest BCUT2D eigenvalue weighted by Gasteiger charge is -2.31. The zero-order chi connectivity index (χ0) is 17.6. The number of hydrogen-bond donors (Lipinski definition) is 2. The minimum atomic E-state index is -0.593. The molecule has 1 aromatic carbocycles. The molecule has 5 heteroatoms. The number of furan rings is 1. The number of nitrogens with zero attached hydrogens (tertiary/aromatic N) is 1. The van der Waals surface area contributed by atoms with Crippen molar-refractivity contribution in [1.29, 1.82) is 0 Å². The van der Waals surface area contributed by atoms with Crippen molar-refractivity contribution < 1.29 is 19.4 Å². The van der Waals surface area contributed by atoms with E-state index in [0.717, 1.165) is 24.9 Å². The molecule has 0 amide bonds. The number of rotatable bonds is 6. The first-order valence-corrected chi connectivity index (χ1v) is 8.99. The summed E-state index contributed by atoms with van der Waals surface area (Å²) in [6.45, 7) is 1.65. The molecule has 136 valence electrons. The normalized spacial score (nSPS) is 20.2. The van der Waals surface area contributed by atoms with Gasteiger partial charge in [0, 0.05) is 24.2 Å². The van der Waals surface area contributed by atoms with E-state index in [1.54, 1.807) is 25.5 Å². The monoisotopic (exact) mass is 345 g/mol. The lowest BCUT2D eigenvalue weighted by molar-refractivity contribution is 0.0827. The number of ether oxygens (including phenoxy) is 1. The molecule has 1 saturated heterocycles. The summed E-state index contributed by atoms with van der Waals surface area (Å²) < 4.78 is 10.5.